The SMILES string of the molecule is CO[C@H]1COc2cc(S(=O)(=O)NC(=O)Cc3c(C(C)C)cc(-c4cnc(C5CC5)nc4)cc3C(C)C)nn2C1. The molecule has 1 N–H and O–H groups in total. The minimum atomic E-state index is -4.19. The maximum atomic E-state index is 13.2. The lowest BCUT2D eigenvalue weighted by Crippen LogP contribution is -2.33. The van der Waals surface area contributed by atoms with E-state index in [1.807, 2.05) is 12.4 Å². The van der Waals surface area contributed by atoms with Gasteiger partial charge in [0, 0.05) is 37.1 Å². The predicted octanol–water partition coefficient (Wildman–Crippen LogP) is 3.92. The van der Waals surface area contributed by atoms with Gasteiger partial charge in [-0.3, -0.25) is 4.79 Å². The number of sulfonamides is 1. The van der Waals surface area contributed by atoms with E-state index in [4.69, 9.17) is 9.47 Å². The van der Waals surface area contributed by atoms with Crippen LogP contribution in [-0.4, -0.2) is 53.9 Å². The molecular formula is C28H35N5O5S. The first-order chi connectivity index (χ1) is 18.6. The molecule has 2 aliphatic rings. The molecular weight excluding hydrogens is 518 g/mol. The number of carbonyl (C=O) groups is 1. The standard InChI is InChI=1S/C28H35N5O5S/c1-16(2)22-8-19(20-12-29-28(30-13-20)18-6-7-18)9-23(17(3)4)24(22)10-25(34)32-39(35,36)26-11-27-33(31-26)14-21(37-5)15-38-27/h8-9,11-13,16-18,21H,6-7,10,14-15H2,1-5H3,(H,32,34)/t21-/m1/s1. The van der Waals surface area contributed by atoms with Crippen molar-refractivity contribution in [3.63, 3.8) is 0 Å². The largest absolute Gasteiger partial charge is 0.475 e. The molecule has 2 aromatic heterocycles. The van der Waals surface area contributed by atoms with Crippen LogP contribution in [0.15, 0.2) is 35.6 Å². The molecule has 1 aromatic carbocycles. The molecule has 1 saturated carbocycles. The summed E-state index contributed by atoms with van der Waals surface area (Å²) in [7, 11) is -2.63. The van der Waals surface area contributed by atoms with Gasteiger partial charge in [0.05, 0.1) is 13.0 Å². The fraction of sp³-hybridized carbons (Fsp3) is 0.500. The lowest BCUT2D eigenvalue weighted by Gasteiger charge is -2.22. The quantitative estimate of drug-likeness (QED) is 0.423. The maximum Gasteiger partial charge on any atom is 0.283 e. The summed E-state index contributed by atoms with van der Waals surface area (Å²) < 4.78 is 40.6. The number of nitrogens with one attached hydrogen (secondary N) is 1. The molecule has 11 heteroatoms. The van der Waals surface area contributed by atoms with Crippen molar-refractivity contribution >= 4 is 15.9 Å². The predicted molar refractivity (Wildman–Crippen MR) is 145 cm³/mol. The number of aromatic nitrogens is 4. The fourth-order valence-corrected chi connectivity index (χ4v) is 5.82. The third-order valence-electron chi connectivity index (χ3n) is 7.22. The highest BCUT2D eigenvalue weighted by atomic mass is 32.2. The van der Waals surface area contributed by atoms with E-state index in [0.717, 1.165) is 46.5 Å². The Morgan fingerprint density at radius 1 is 1.08 bits per heavy atom. The second kappa shape index (κ2) is 10.7. The van der Waals surface area contributed by atoms with Gasteiger partial charge in [0.1, 0.15) is 18.5 Å². The van der Waals surface area contributed by atoms with Gasteiger partial charge in [-0.2, -0.15) is 13.5 Å². The van der Waals surface area contributed by atoms with Gasteiger partial charge in [-0.05, 0) is 46.9 Å². The molecule has 1 aliphatic heterocycles. The van der Waals surface area contributed by atoms with Gasteiger partial charge in [0.2, 0.25) is 16.8 Å². The van der Waals surface area contributed by atoms with Crippen LogP contribution in [0.5, 0.6) is 5.88 Å². The molecule has 39 heavy (non-hydrogen) atoms. The van der Waals surface area contributed by atoms with Gasteiger partial charge in [-0.15, -0.1) is 0 Å². The summed E-state index contributed by atoms with van der Waals surface area (Å²) in [6.45, 7) is 8.93. The van der Waals surface area contributed by atoms with E-state index in [1.165, 1.54) is 10.7 Å². The van der Waals surface area contributed by atoms with Gasteiger partial charge < -0.3 is 9.47 Å². The number of hydrogen-bond acceptors (Lipinski definition) is 8. The molecule has 0 radical (unpaired) electrons. The fourth-order valence-electron chi connectivity index (χ4n) is 4.88. The Morgan fingerprint density at radius 3 is 2.28 bits per heavy atom. The Morgan fingerprint density at radius 2 is 1.72 bits per heavy atom. The zero-order valence-corrected chi connectivity index (χ0v) is 23.8. The van der Waals surface area contributed by atoms with Gasteiger partial charge in [-0.25, -0.2) is 19.4 Å². The first-order valence-electron chi connectivity index (χ1n) is 13.3. The zero-order chi connectivity index (χ0) is 27.9. The molecule has 0 bridgehead atoms. The Balaban J connectivity index is 1.40. The van der Waals surface area contributed by atoms with E-state index in [1.54, 1.807) is 7.11 Å². The maximum absolute atomic E-state index is 13.2. The lowest BCUT2D eigenvalue weighted by atomic mass is 9.84. The van der Waals surface area contributed by atoms with Crippen molar-refractivity contribution in [1.82, 2.24) is 24.5 Å². The molecule has 3 heterocycles. The Labute approximate surface area is 229 Å². The van der Waals surface area contributed by atoms with E-state index in [2.05, 4.69) is 59.6 Å². The van der Waals surface area contributed by atoms with Gasteiger partial charge >= 0.3 is 0 Å². The average molecular weight is 554 g/mol. The summed E-state index contributed by atoms with van der Waals surface area (Å²) in [5, 5.41) is 3.87. The van der Waals surface area contributed by atoms with E-state index in [9.17, 15) is 13.2 Å². The third-order valence-corrected chi connectivity index (χ3v) is 8.47. The third kappa shape index (κ3) is 5.84. The highest BCUT2D eigenvalue weighted by molar-refractivity contribution is 7.90. The van der Waals surface area contributed by atoms with Crippen molar-refractivity contribution < 1.29 is 22.7 Å². The van der Waals surface area contributed by atoms with Crippen LogP contribution in [0.4, 0.5) is 0 Å². The normalized spacial score (nSPS) is 17.3. The van der Waals surface area contributed by atoms with Crippen molar-refractivity contribution in [1.29, 1.82) is 0 Å². The van der Waals surface area contributed by atoms with Crippen molar-refractivity contribution in [2.75, 3.05) is 13.7 Å². The van der Waals surface area contributed by atoms with Crippen molar-refractivity contribution in [3.8, 4) is 17.0 Å². The summed E-state index contributed by atoms with van der Waals surface area (Å²) in [5.41, 5.74) is 4.73. The number of carbonyl (C=O) groups excluding carboxylic acids is 1. The van der Waals surface area contributed by atoms with Crippen molar-refractivity contribution in [2.45, 2.75) is 82.4 Å². The average Bonchev–Trinajstić information content (AvgIpc) is 3.65. The molecule has 3 aromatic rings. The Hall–Kier alpha value is -3.31. The Kier molecular flexibility index (Phi) is 7.47. The number of benzene rings is 1. The number of amides is 1. The summed E-state index contributed by atoms with van der Waals surface area (Å²) >= 11 is 0. The number of ether oxygens (including phenoxy) is 2. The molecule has 1 amide bonds. The minimum absolute atomic E-state index is 0.0759. The van der Waals surface area contributed by atoms with Crippen LogP contribution < -0.4 is 9.46 Å². The summed E-state index contributed by atoms with van der Waals surface area (Å²) in [5.74, 6) is 1.30. The van der Waals surface area contributed by atoms with Gasteiger partial charge in [0.25, 0.3) is 10.0 Å². The van der Waals surface area contributed by atoms with E-state index >= 15 is 0 Å². The minimum Gasteiger partial charge on any atom is -0.475 e. The number of rotatable bonds is 9. The van der Waals surface area contributed by atoms with E-state index < -0.39 is 15.9 Å². The van der Waals surface area contributed by atoms with Crippen LogP contribution in [0.3, 0.4) is 0 Å². The molecule has 1 aliphatic carbocycles. The van der Waals surface area contributed by atoms with Crippen LogP contribution in [-0.2, 0) is 32.5 Å². The summed E-state index contributed by atoms with van der Waals surface area (Å²) in [6.07, 6.45) is 5.72. The second-order valence-corrected chi connectivity index (χ2v) is 12.6. The molecule has 10 nitrogen and oxygen atoms in total. The van der Waals surface area contributed by atoms with E-state index in [0.29, 0.717) is 24.9 Å². The van der Waals surface area contributed by atoms with Gasteiger partial charge in [0.15, 0.2) is 0 Å². The monoisotopic (exact) mass is 553 g/mol. The van der Waals surface area contributed by atoms with Crippen molar-refractivity contribution in [2.24, 2.45) is 0 Å². The summed E-state index contributed by atoms with van der Waals surface area (Å²) in [6, 6.07) is 5.46. The highest BCUT2D eigenvalue weighted by Crippen LogP contribution is 2.38. The Bertz CT molecular complexity index is 1450. The number of fused-ring (bicyclic) bond motifs is 1. The van der Waals surface area contributed by atoms with Crippen molar-refractivity contribution in [3.05, 3.63) is 53.1 Å². The zero-order valence-electron chi connectivity index (χ0n) is 23.0. The first-order valence-corrected chi connectivity index (χ1v) is 14.8. The van der Waals surface area contributed by atoms with Crippen LogP contribution in [0.1, 0.15) is 80.8 Å². The topological polar surface area (TPSA) is 125 Å². The van der Waals surface area contributed by atoms with Crippen LogP contribution in [0.2, 0.25) is 0 Å². The second-order valence-electron chi connectivity index (χ2n) is 10.9. The van der Waals surface area contributed by atoms with Crippen LogP contribution in [0.25, 0.3) is 11.1 Å². The molecule has 208 valence electrons. The number of nitrogens with zero attached hydrogens (tertiary/aromatic N) is 4. The lowest BCUT2D eigenvalue weighted by molar-refractivity contribution is -0.118. The molecule has 0 saturated heterocycles. The van der Waals surface area contributed by atoms with Crippen LogP contribution >= 0.6 is 0 Å². The molecule has 1 fully saturated rings. The van der Waals surface area contributed by atoms with E-state index in [-0.39, 0.29) is 29.4 Å². The number of methoxy groups -OCH3 is 1. The smallest absolute Gasteiger partial charge is 0.283 e. The van der Waals surface area contributed by atoms with Crippen LogP contribution in [0, 0.1) is 0 Å². The molecule has 1 atom stereocenters. The first kappa shape index (κ1) is 27.3. The molecule has 5 rings (SSSR count). The number of hydrogen-bond donors (Lipinski definition) is 1. The highest BCUT2D eigenvalue weighted by Gasteiger charge is 2.29. The van der Waals surface area contributed by atoms with Gasteiger partial charge in [-0.1, -0.05) is 39.8 Å². The summed E-state index contributed by atoms with van der Waals surface area (Å²) in [4.78, 5) is 22.3. The molecule has 0 spiro atoms. The molecule has 0 unspecified atom stereocenters.